The molecule has 4 heteroatoms. The molecule has 1 aromatic carbocycles. The molecule has 4 nitrogen and oxygen atoms in total. The molecule has 7 atom stereocenters. The molecule has 2 aliphatic heterocycles. The summed E-state index contributed by atoms with van der Waals surface area (Å²) in [5.41, 5.74) is 1.50. The van der Waals surface area contributed by atoms with Crippen LogP contribution in [0, 0.1) is 23.2 Å². The molecule has 27 heavy (non-hydrogen) atoms. The Balaban J connectivity index is 1.25. The summed E-state index contributed by atoms with van der Waals surface area (Å²) in [6.45, 7) is 6.31. The standard InChI is InChI=1S/C23H31NO3/c1-15-7-6-11-22(2)13-18-19(20-23(15,22)27-20)17(21(25)26-18)14-24-12-10-16-8-4-3-5-9-16/h3-5,8-9,15,17-20,24H,6-7,10-14H2,1-2H3/t15-,17-,18-,19+,20+,22+,23-/m1/s1. The zero-order valence-electron chi connectivity index (χ0n) is 16.4. The van der Waals surface area contributed by atoms with Gasteiger partial charge in [0.15, 0.2) is 0 Å². The van der Waals surface area contributed by atoms with E-state index in [2.05, 4.69) is 43.4 Å². The lowest BCUT2D eigenvalue weighted by molar-refractivity contribution is -0.146. The second-order valence-electron chi connectivity index (χ2n) is 9.49. The van der Waals surface area contributed by atoms with Gasteiger partial charge in [-0.15, -0.1) is 0 Å². The number of esters is 1. The van der Waals surface area contributed by atoms with Crippen LogP contribution in [0.15, 0.2) is 30.3 Å². The molecule has 0 amide bonds. The lowest BCUT2D eigenvalue weighted by atomic mass is 9.53. The summed E-state index contributed by atoms with van der Waals surface area (Å²) in [5.74, 6) is 0.742. The summed E-state index contributed by atoms with van der Waals surface area (Å²) in [6.07, 6.45) is 5.94. The Morgan fingerprint density at radius 2 is 2.07 bits per heavy atom. The van der Waals surface area contributed by atoms with Crippen molar-refractivity contribution in [3.8, 4) is 0 Å². The second-order valence-corrected chi connectivity index (χ2v) is 9.49. The van der Waals surface area contributed by atoms with Crippen molar-refractivity contribution in [3.05, 3.63) is 35.9 Å². The van der Waals surface area contributed by atoms with Gasteiger partial charge in [-0.1, -0.05) is 50.6 Å². The first kappa shape index (κ1) is 17.7. The van der Waals surface area contributed by atoms with Crippen LogP contribution >= 0.6 is 0 Å². The number of carbonyl (C=O) groups is 1. The van der Waals surface area contributed by atoms with Gasteiger partial charge in [0.1, 0.15) is 11.7 Å². The van der Waals surface area contributed by atoms with Gasteiger partial charge in [0.25, 0.3) is 0 Å². The molecule has 4 aliphatic rings. The maximum absolute atomic E-state index is 12.6. The third kappa shape index (κ3) is 2.60. The lowest BCUT2D eigenvalue weighted by Gasteiger charge is -2.48. The van der Waals surface area contributed by atoms with Crippen LogP contribution in [0.1, 0.15) is 45.1 Å². The predicted octanol–water partition coefficient (Wildman–Crippen LogP) is 3.34. The van der Waals surface area contributed by atoms with Crippen LogP contribution in [-0.2, 0) is 20.7 Å². The summed E-state index contributed by atoms with van der Waals surface area (Å²) in [7, 11) is 0. The summed E-state index contributed by atoms with van der Waals surface area (Å²) in [4.78, 5) is 12.6. The minimum Gasteiger partial charge on any atom is -0.462 e. The zero-order chi connectivity index (χ0) is 18.6. The van der Waals surface area contributed by atoms with E-state index in [4.69, 9.17) is 9.47 Å². The van der Waals surface area contributed by atoms with Crippen molar-refractivity contribution in [3.63, 3.8) is 0 Å². The topological polar surface area (TPSA) is 50.9 Å². The minimum atomic E-state index is -0.0613. The maximum atomic E-state index is 12.6. The SMILES string of the molecule is C[C@@H]1CCC[C@@]2(C)C[C@H]3OC(=O)[C@H](CNCCc4ccccc4)[C@@H]3[C@@H]3O[C@]132. The van der Waals surface area contributed by atoms with Crippen molar-refractivity contribution < 1.29 is 14.3 Å². The fourth-order valence-electron chi connectivity index (χ4n) is 6.60. The molecule has 1 N–H and O–H groups in total. The van der Waals surface area contributed by atoms with Crippen LogP contribution in [0.5, 0.6) is 0 Å². The fraction of sp³-hybridized carbons (Fsp3) is 0.696. The van der Waals surface area contributed by atoms with Gasteiger partial charge in [-0.05, 0) is 43.7 Å². The number of nitrogens with one attached hydrogen (secondary N) is 1. The molecule has 2 saturated carbocycles. The Morgan fingerprint density at radius 3 is 2.89 bits per heavy atom. The van der Waals surface area contributed by atoms with Crippen LogP contribution in [0.25, 0.3) is 0 Å². The van der Waals surface area contributed by atoms with E-state index in [1.54, 1.807) is 0 Å². The van der Waals surface area contributed by atoms with Gasteiger partial charge in [-0.25, -0.2) is 0 Å². The first-order valence-electron chi connectivity index (χ1n) is 10.7. The molecular weight excluding hydrogens is 338 g/mol. The maximum Gasteiger partial charge on any atom is 0.311 e. The Morgan fingerprint density at radius 1 is 1.26 bits per heavy atom. The van der Waals surface area contributed by atoms with E-state index in [0.29, 0.717) is 12.5 Å². The van der Waals surface area contributed by atoms with Crippen molar-refractivity contribution in [2.24, 2.45) is 23.2 Å². The third-order valence-electron chi connectivity index (χ3n) is 7.99. The summed E-state index contributed by atoms with van der Waals surface area (Å²) in [5, 5.41) is 3.51. The molecule has 4 fully saturated rings. The van der Waals surface area contributed by atoms with E-state index < -0.39 is 0 Å². The summed E-state index contributed by atoms with van der Waals surface area (Å²) >= 11 is 0. The molecule has 146 valence electrons. The molecule has 1 spiro atoms. The number of hydrogen-bond acceptors (Lipinski definition) is 4. The molecule has 1 aromatic rings. The van der Waals surface area contributed by atoms with Crippen LogP contribution in [0.2, 0.25) is 0 Å². The normalized spacial score (nSPS) is 44.8. The Labute approximate surface area is 162 Å². The number of rotatable bonds is 5. The average Bonchev–Trinajstić information content (AvgIpc) is 3.34. The van der Waals surface area contributed by atoms with Crippen molar-refractivity contribution in [1.82, 2.24) is 5.32 Å². The van der Waals surface area contributed by atoms with Gasteiger partial charge in [0, 0.05) is 17.9 Å². The number of ether oxygens (including phenoxy) is 2. The van der Waals surface area contributed by atoms with Crippen molar-refractivity contribution in [1.29, 1.82) is 0 Å². The summed E-state index contributed by atoms with van der Waals surface area (Å²) in [6, 6.07) is 10.5. The number of epoxide rings is 1. The van der Waals surface area contributed by atoms with Gasteiger partial charge >= 0.3 is 5.97 Å². The average molecular weight is 370 g/mol. The molecule has 0 unspecified atom stereocenters. The fourth-order valence-corrected chi connectivity index (χ4v) is 6.60. The van der Waals surface area contributed by atoms with Gasteiger partial charge in [-0.3, -0.25) is 4.79 Å². The minimum absolute atomic E-state index is 0.00266. The predicted molar refractivity (Wildman–Crippen MR) is 103 cm³/mol. The lowest BCUT2D eigenvalue weighted by Crippen LogP contribution is -2.54. The van der Waals surface area contributed by atoms with Crippen LogP contribution in [0.3, 0.4) is 0 Å². The second kappa shape index (κ2) is 6.31. The molecule has 5 rings (SSSR count). The molecule has 2 saturated heterocycles. The highest BCUT2D eigenvalue weighted by atomic mass is 16.6. The van der Waals surface area contributed by atoms with Crippen LogP contribution < -0.4 is 5.32 Å². The highest BCUT2D eigenvalue weighted by molar-refractivity contribution is 5.76. The molecule has 2 heterocycles. The smallest absolute Gasteiger partial charge is 0.311 e. The number of benzene rings is 1. The van der Waals surface area contributed by atoms with Crippen molar-refractivity contribution >= 4 is 5.97 Å². The molecule has 0 aromatic heterocycles. The van der Waals surface area contributed by atoms with Gasteiger partial charge < -0.3 is 14.8 Å². The van der Waals surface area contributed by atoms with E-state index >= 15 is 0 Å². The summed E-state index contributed by atoms with van der Waals surface area (Å²) < 4.78 is 12.4. The van der Waals surface area contributed by atoms with E-state index in [1.165, 1.54) is 24.8 Å². The molecule has 2 aliphatic carbocycles. The monoisotopic (exact) mass is 369 g/mol. The largest absolute Gasteiger partial charge is 0.462 e. The first-order valence-corrected chi connectivity index (χ1v) is 10.7. The zero-order valence-corrected chi connectivity index (χ0v) is 16.4. The number of fused-ring (bicyclic) bond motifs is 2. The van der Waals surface area contributed by atoms with Crippen LogP contribution in [-0.4, -0.2) is 36.9 Å². The Bertz CT molecular complexity index is 722. The van der Waals surface area contributed by atoms with E-state index in [0.717, 1.165) is 19.4 Å². The Hall–Kier alpha value is -1.39. The molecule has 0 bridgehead atoms. The number of hydrogen-bond donors (Lipinski definition) is 1. The highest BCUT2D eigenvalue weighted by Crippen LogP contribution is 2.70. The quantitative estimate of drug-likeness (QED) is 0.491. The van der Waals surface area contributed by atoms with E-state index in [1.807, 2.05) is 6.07 Å². The van der Waals surface area contributed by atoms with Gasteiger partial charge in [0.2, 0.25) is 0 Å². The first-order chi connectivity index (χ1) is 13.1. The van der Waals surface area contributed by atoms with Crippen molar-refractivity contribution in [2.45, 2.75) is 63.8 Å². The molecular formula is C23H31NO3. The third-order valence-corrected chi connectivity index (χ3v) is 7.99. The highest BCUT2D eigenvalue weighted by Gasteiger charge is 2.78. The van der Waals surface area contributed by atoms with Gasteiger partial charge in [-0.2, -0.15) is 0 Å². The number of carbonyl (C=O) groups excluding carboxylic acids is 1. The van der Waals surface area contributed by atoms with Gasteiger partial charge in [0.05, 0.1) is 12.0 Å². The molecule has 0 radical (unpaired) electrons. The van der Waals surface area contributed by atoms with E-state index in [-0.39, 0.29) is 41.0 Å². The van der Waals surface area contributed by atoms with Crippen molar-refractivity contribution in [2.75, 3.05) is 13.1 Å². The Kier molecular flexibility index (Phi) is 4.14. The van der Waals surface area contributed by atoms with E-state index in [9.17, 15) is 4.79 Å². The van der Waals surface area contributed by atoms with Crippen LogP contribution in [0.4, 0.5) is 0 Å².